The van der Waals surface area contributed by atoms with Gasteiger partial charge in [-0.1, -0.05) is 11.5 Å². The fourth-order valence-corrected chi connectivity index (χ4v) is 1.90. The SMILES string of the molecule is COC(=O)c1cc2[nH]c(=O)c(C3=CC=C=C=C3)nc2cn1. The van der Waals surface area contributed by atoms with Gasteiger partial charge < -0.3 is 9.72 Å². The van der Waals surface area contributed by atoms with Crippen LogP contribution in [0.1, 0.15) is 16.2 Å². The molecule has 0 aromatic carbocycles. The second-order valence-electron chi connectivity index (χ2n) is 4.21. The van der Waals surface area contributed by atoms with Gasteiger partial charge in [-0.25, -0.2) is 14.8 Å². The number of fused-ring (bicyclic) bond motifs is 1. The van der Waals surface area contributed by atoms with E-state index in [-0.39, 0.29) is 16.9 Å². The molecule has 0 saturated heterocycles. The summed E-state index contributed by atoms with van der Waals surface area (Å²) in [6.45, 7) is 0. The van der Waals surface area contributed by atoms with Crippen LogP contribution in [0.3, 0.4) is 0 Å². The maximum absolute atomic E-state index is 12.1. The minimum Gasteiger partial charge on any atom is -0.464 e. The third-order valence-electron chi connectivity index (χ3n) is 2.90. The lowest BCUT2D eigenvalue weighted by atomic mass is 10.1. The van der Waals surface area contributed by atoms with Crippen LogP contribution in [-0.2, 0) is 4.74 Å². The van der Waals surface area contributed by atoms with Gasteiger partial charge in [-0.15, -0.1) is 0 Å². The summed E-state index contributed by atoms with van der Waals surface area (Å²) in [6.07, 6.45) is 6.41. The van der Waals surface area contributed by atoms with E-state index in [9.17, 15) is 9.59 Å². The molecular formula is C15H9N3O3. The van der Waals surface area contributed by atoms with Gasteiger partial charge in [0.05, 0.1) is 18.8 Å². The van der Waals surface area contributed by atoms with Crippen LogP contribution in [0.15, 0.2) is 46.7 Å². The topological polar surface area (TPSA) is 84.9 Å². The molecule has 21 heavy (non-hydrogen) atoms. The monoisotopic (exact) mass is 279 g/mol. The van der Waals surface area contributed by atoms with E-state index >= 15 is 0 Å². The van der Waals surface area contributed by atoms with Crippen molar-refractivity contribution in [3.05, 3.63) is 63.7 Å². The van der Waals surface area contributed by atoms with Gasteiger partial charge in [0.25, 0.3) is 5.56 Å². The Hall–Kier alpha value is -3.20. The number of nitrogens with one attached hydrogen (secondary N) is 1. The van der Waals surface area contributed by atoms with Crippen LogP contribution >= 0.6 is 0 Å². The molecule has 2 aromatic rings. The van der Waals surface area contributed by atoms with E-state index in [1.807, 2.05) is 0 Å². The van der Waals surface area contributed by atoms with Gasteiger partial charge in [0.1, 0.15) is 11.2 Å². The van der Waals surface area contributed by atoms with Crippen molar-refractivity contribution in [2.24, 2.45) is 0 Å². The van der Waals surface area contributed by atoms with E-state index in [4.69, 9.17) is 0 Å². The Bertz CT molecular complexity index is 940. The number of carbonyl (C=O) groups is 1. The average molecular weight is 279 g/mol. The lowest BCUT2D eigenvalue weighted by molar-refractivity contribution is 0.0594. The lowest BCUT2D eigenvalue weighted by Crippen LogP contribution is -2.15. The molecule has 0 atom stereocenters. The molecule has 0 unspecified atom stereocenters. The van der Waals surface area contributed by atoms with Crippen LogP contribution in [0.5, 0.6) is 0 Å². The first-order chi connectivity index (χ1) is 10.2. The Balaban J connectivity index is 2.15. The van der Waals surface area contributed by atoms with Crippen LogP contribution in [0.4, 0.5) is 0 Å². The number of hydrogen-bond acceptors (Lipinski definition) is 5. The number of methoxy groups -OCH3 is 1. The van der Waals surface area contributed by atoms with Gasteiger partial charge in [0.2, 0.25) is 0 Å². The molecule has 0 amide bonds. The van der Waals surface area contributed by atoms with Crippen molar-refractivity contribution in [1.29, 1.82) is 0 Å². The van der Waals surface area contributed by atoms with E-state index < -0.39 is 5.97 Å². The molecule has 1 N–H and O–H groups in total. The lowest BCUT2D eigenvalue weighted by Gasteiger charge is -2.04. The molecule has 0 bridgehead atoms. The van der Waals surface area contributed by atoms with Crippen LogP contribution in [0.2, 0.25) is 0 Å². The van der Waals surface area contributed by atoms with Gasteiger partial charge in [-0.05, 0) is 24.3 Å². The first-order valence-electron chi connectivity index (χ1n) is 6.05. The zero-order valence-corrected chi connectivity index (χ0v) is 11.0. The summed E-state index contributed by atoms with van der Waals surface area (Å²) in [7, 11) is 1.27. The van der Waals surface area contributed by atoms with Crippen molar-refractivity contribution in [3.8, 4) is 0 Å². The van der Waals surface area contributed by atoms with E-state index in [0.717, 1.165) is 0 Å². The normalized spacial score (nSPS) is 12.5. The number of rotatable bonds is 2. The minimum atomic E-state index is -0.574. The van der Waals surface area contributed by atoms with Crippen molar-refractivity contribution in [3.63, 3.8) is 0 Å². The highest BCUT2D eigenvalue weighted by molar-refractivity contribution is 5.91. The predicted molar refractivity (Wildman–Crippen MR) is 75.6 cm³/mol. The molecule has 6 heteroatoms. The number of carbonyl (C=O) groups excluding carboxylic acids is 1. The molecule has 6 nitrogen and oxygen atoms in total. The van der Waals surface area contributed by atoms with E-state index in [1.165, 1.54) is 19.4 Å². The number of hydrogen-bond donors (Lipinski definition) is 1. The molecule has 2 aromatic heterocycles. The zero-order chi connectivity index (χ0) is 14.8. The Labute approximate surface area is 118 Å². The number of aromatic nitrogens is 3. The number of nitrogens with zero attached hydrogens (tertiary/aromatic N) is 2. The van der Waals surface area contributed by atoms with Crippen molar-refractivity contribution >= 4 is 22.6 Å². The maximum Gasteiger partial charge on any atom is 0.356 e. The van der Waals surface area contributed by atoms with Crippen LogP contribution in [0.25, 0.3) is 16.6 Å². The number of aromatic amines is 1. The van der Waals surface area contributed by atoms with Crippen molar-refractivity contribution in [2.75, 3.05) is 7.11 Å². The Kier molecular flexibility index (Phi) is 3.09. The van der Waals surface area contributed by atoms with E-state index in [2.05, 4.69) is 31.2 Å². The third kappa shape index (κ3) is 2.32. The van der Waals surface area contributed by atoms with Crippen LogP contribution < -0.4 is 5.56 Å². The summed E-state index contributed by atoms with van der Waals surface area (Å²) in [6, 6.07) is 1.43. The quantitative estimate of drug-likeness (QED) is 0.663. The summed E-state index contributed by atoms with van der Waals surface area (Å²) in [5.74, 6) is -0.574. The van der Waals surface area contributed by atoms with E-state index in [0.29, 0.717) is 16.6 Å². The number of ether oxygens (including phenoxy) is 1. The molecule has 0 fully saturated rings. The van der Waals surface area contributed by atoms with Gasteiger partial charge in [-0.3, -0.25) is 4.79 Å². The van der Waals surface area contributed by atoms with E-state index in [1.54, 1.807) is 18.2 Å². The fraction of sp³-hybridized carbons (Fsp3) is 0.0667. The largest absolute Gasteiger partial charge is 0.464 e. The van der Waals surface area contributed by atoms with Crippen LogP contribution in [-0.4, -0.2) is 28.0 Å². The number of pyridine rings is 1. The zero-order valence-electron chi connectivity index (χ0n) is 11.0. The minimum absolute atomic E-state index is 0.109. The first-order valence-corrected chi connectivity index (χ1v) is 6.05. The Morgan fingerprint density at radius 2 is 2.24 bits per heavy atom. The summed E-state index contributed by atoms with van der Waals surface area (Å²) >= 11 is 0. The average Bonchev–Trinajstić information content (AvgIpc) is 2.53. The molecule has 0 spiro atoms. The van der Waals surface area contributed by atoms with Gasteiger partial charge in [0.15, 0.2) is 5.69 Å². The number of allylic oxidation sites excluding steroid dienone is 4. The first kappa shape index (κ1) is 12.8. The molecule has 0 radical (unpaired) electrons. The van der Waals surface area contributed by atoms with Crippen molar-refractivity contribution in [1.82, 2.24) is 15.0 Å². The van der Waals surface area contributed by atoms with Crippen LogP contribution in [0, 0.1) is 0 Å². The molecule has 0 aliphatic heterocycles. The van der Waals surface area contributed by atoms with Gasteiger partial charge in [0, 0.05) is 5.57 Å². The third-order valence-corrected chi connectivity index (χ3v) is 2.90. The highest BCUT2D eigenvalue weighted by Crippen LogP contribution is 2.15. The smallest absolute Gasteiger partial charge is 0.356 e. The summed E-state index contributed by atoms with van der Waals surface area (Å²) < 4.78 is 4.59. The number of H-pyrrole nitrogens is 1. The summed E-state index contributed by atoms with van der Waals surface area (Å²) in [4.78, 5) is 34.5. The standard InChI is InChI=1S/C15H9N3O3/c1-21-15(20)11-7-10-12(8-16-11)17-13(14(19)18-10)9-5-3-2-4-6-9/h3,5-8H,1H3,(H,18,19). The van der Waals surface area contributed by atoms with Gasteiger partial charge in [-0.2, -0.15) is 0 Å². The molecule has 3 rings (SSSR count). The summed E-state index contributed by atoms with van der Waals surface area (Å²) in [5, 5.41) is 0. The second kappa shape index (κ2) is 5.06. The Morgan fingerprint density at radius 1 is 1.38 bits per heavy atom. The predicted octanol–water partition coefficient (Wildman–Crippen LogP) is 1.37. The highest BCUT2D eigenvalue weighted by atomic mass is 16.5. The maximum atomic E-state index is 12.1. The van der Waals surface area contributed by atoms with Crippen molar-refractivity contribution < 1.29 is 9.53 Å². The van der Waals surface area contributed by atoms with Gasteiger partial charge >= 0.3 is 5.97 Å². The molecule has 2 heterocycles. The molecule has 102 valence electrons. The number of esters is 1. The second-order valence-corrected chi connectivity index (χ2v) is 4.21. The molecule has 1 aliphatic rings. The Morgan fingerprint density at radius 3 is 2.95 bits per heavy atom. The molecular weight excluding hydrogens is 270 g/mol. The molecule has 0 saturated carbocycles. The fourth-order valence-electron chi connectivity index (χ4n) is 1.90. The molecule has 1 aliphatic carbocycles. The summed E-state index contributed by atoms with van der Waals surface area (Å²) in [5.41, 5.74) is 7.08. The van der Waals surface area contributed by atoms with Crippen molar-refractivity contribution in [2.45, 2.75) is 0 Å². The highest BCUT2D eigenvalue weighted by Gasteiger charge is 2.12.